The molecule has 0 saturated heterocycles. The third kappa shape index (κ3) is 3.99. The summed E-state index contributed by atoms with van der Waals surface area (Å²) in [5.41, 5.74) is -0.958. The highest BCUT2D eigenvalue weighted by atomic mass is 19.2. The van der Waals surface area contributed by atoms with Gasteiger partial charge in [0.25, 0.3) is 5.91 Å². The van der Waals surface area contributed by atoms with Crippen molar-refractivity contribution >= 4 is 11.9 Å². The van der Waals surface area contributed by atoms with Crippen molar-refractivity contribution in [3.8, 4) is 0 Å². The lowest BCUT2D eigenvalue weighted by atomic mass is 10.1. The molecule has 19 heavy (non-hydrogen) atoms. The van der Waals surface area contributed by atoms with Crippen molar-refractivity contribution in [1.82, 2.24) is 10.6 Å². The van der Waals surface area contributed by atoms with Crippen molar-refractivity contribution in [3.63, 3.8) is 0 Å². The lowest BCUT2D eigenvalue weighted by Crippen LogP contribution is -2.28. The molecule has 1 amide bonds. The topological polar surface area (TPSA) is 78.4 Å². The van der Waals surface area contributed by atoms with Crippen LogP contribution < -0.4 is 10.6 Å². The Morgan fingerprint density at radius 3 is 2.26 bits per heavy atom. The number of benzene rings is 1. The number of nitrogens with one attached hydrogen (secondary N) is 2. The summed E-state index contributed by atoms with van der Waals surface area (Å²) in [5, 5.41) is 14.2. The second-order valence-corrected chi connectivity index (χ2v) is 3.83. The third-order valence-electron chi connectivity index (χ3n) is 2.42. The number of carboxylic acids is 1. The average Bonchev–Trinajstić information content (AvgIpc) is 2.36. The fraction of sp³-hybridized carbons (Fsp3) is 0.333. The molecule has 104 valence electrons. The molecule has 0 aliphatic rings. The summed E-state index contributed by atoms with van der Waals surface area (Å²) in [5.74, 6) is -4.79. The van der Waals surface area contributed by atoms with Gasteiger partial charge in [0.05, 0.1) is 11.1 Å². The van der Waals surface area contributed by atoms with E-state index in [0.29, 0.717) is 31.6 Å². The van der Waals surface area contributed by atoms with E-state index in [9.17, 15) is 18.4 Å². The largest absolute Gasteiger partial charge is 0.478 e. The predicted molar refractivity (Wildman–Crippen MR) is 64.2 cm³/mol. The van der Waals surface area contributed by atoms with Crippen molar-refractivity contribution in [2.75, 3.05) is 20.1 Å². The number of carboxylic acid groups (broad SMARTS) is 1. The number of aromatic carboxylic acids is 1. The van der Waals surface area contributed by atoms with Crippen LogP contribution in [0.4, 0.5) is 8.78 Å². The Morgan fingerprint density at radius 1 is 1.16 bits per heavy atom. The van der Waals surface area contributed by atoms with E-state index in [1.807, 2.05) is 0 Å². The molecule has 7 heteroatoms. The Hall–Kier alpha value is -2.02. The van der Waals surface area contributed by atoms with Crippen molar-refractivity contribution in [2.45, 2.75) is 6.42 Å². The van der Waals surface area contributed by atoms with Gasteiger partial charge in [-0.1, -0.05) is 0 Å². The summed E-state index contributed by atoms with van der Waals surface area (Å²) in [6, 6.07) is 1.09. The molecule has 0 unspecified atom stereocenters. The van der Waals surface area contributed by atoms with E-state index in [1.165, 1.54) is 0 Å². The molecule has 0 saturated carbocycles. The van der Waals surface area contributed by atoms with Crippen molar-refractivity contribution in [1.29, 1.82) is 0 Å². The molecule has 0 aliphatic carbocycles. The van der Waals surface area contributed by atoms with E-state index < -0.39 is 34.6 Å². The lowest BCUT2D eigenvalue weighted by Gasteiger charge is -2.08. The number of hydrogen-bond donors (Lipinski definition) is 3. The fourth-order valence-electron chi connectivity index (χ4n) is 1.47. The van der Waals surface area contributed by atoms with Gasteiger partial charge in [0, 0.05) is 6.54 Å². The number of halogens is 2. The van der Waals surface area contributed by atoms with Crippen LogP contribution >= 0.6 is 0 Å². The van der Waals surface area contributed by atoms with E-state index in [1.54, 1.807) is 7.05 Å². The summed E-state index contributed by atoms with van der Waals surface area (Å²) in [4.78, 5) is 22.6. The molecule has 0 radical (unpaired) electrons. The average molecular weight is 272 g/mol. The van der Waals surface area contributed by atoms with Crippen molar-refractivity contribution < 1.29 is 23.5 Å². The Kier molecular flexibility index (Phi) is 5.37. The molecular weight excluding hydrogens is 258 g/mol. The Morgan fingerprint density at radius 2 is 1.74 bits per heavy atom. The highest BCUT2D eigenvalue weighted by Crippen LogP contribution is 2.15. The van der Waals surface area contributed by atoms with Gasteiger partial charge in [-0.25, -0.2) is 13.6 Å². The number of carbonyl (C=O) groups excluding carboxylic acids is 1. The molecule has 0 spiro atoms. The van der Waals surface area contributed by atoms with Gasteiger partial charge in [-0.15, -0.1) is 0 Å². The van der Waals surface area contributed by atoms with Gasteiger partial charge in [0.15, 0.2) is 11.6 Å². The van der Waals surface area contributed by atoms with Crippen LogP contribution in [0.25, 0.3) is 0 Å². The standard InChI is InChI=1S/C12H14F2N2O3/c1-15-3-2-4-16-11(17)7-5-9(13)10(14)6-8(7)12(18)19/h5-6,15H,2-4H2,1H3,(H,16,17)(H,18,19). The van der Waals surface area contributed by atoms with Crippen LogP contribution in [0.3, 0.4) is 0 Å². The van der Waals surface area contributed by atoms with Gasteiger partial charge >= 0.3 is 5.97 Å². The number of rotatable bonds is 6. The van der Waals surface area contributed by atoms with E-state index in [0.717, 1.165) is 0 Å². The SMILES string of the molecule is CNCCCNC(=O)c1cc(F)c(F)cc1C(=O)O. The summed E-state index contributed by atoms with van der Waals surface area (Å²) < 4.78 is 26.0. The van der Waals surface area contributed by atoms with Crippen LogP contribution in [0.5, 0.6) is 0 Å². The van der Waals surface area contributed by atoms with Crippen LogP contribution in [0, 0.1) is 11.6 Å². The summed E-state index contributed by atoms with van der Waals surface area (Å²) in [7, 11) is 1.75. The van der Waals surface area contributed by atoms with E-state index >= 15 is 0 Å². The fourth-order valence-corrected chi connectivity index (χ4v) is 1.47. The molecule has 0 aliphatic heterocycles. The first-order valence-corrected chi connectivity index (χ1v) is 5.62. The molecule has 1 aromatic rings. The van der Waals surface area contributed by atoms with Crippen molar-refractivity contribution in [2.24, 2.45) is 0 Å². The zero-order valence-electron chi connectivity index (χ0n) is 10.3. The lowest BCUT2D eigenvalue weighted by molar-refractivity contribution is 0.0690. The van der Waals surface area contributed by atoms with Gasteiger partial charge in [-0.3, -0.25) is 4.79 Å². The maximum Gasteiger partial charge on any atom is 0.336 e. The first-order chi connectivity index (χ1) is 8.97. The van der Waals surface area contributed by atoms with E-state index in [-0.39, 0.29) is 0 Å². The van der Waals surface area contributed by atoms with Crippen molar-refractivity contribution in [3.05, 3.63) is 34.9 Å². The zero-order chi connectivity index (χ0) is 14.4. The minimum atomic E-state index is -1.49. The molecule has 1 rings (SSSR count). The number of hydrogen-bond acceptors (Lipinski definition) is 3. The number of amides is 1. The normalized spacial score (nSPS) is 10.3. The van der Waals surface area contributed by atoms with E-state index in [2.05, 4.69) is 10.6 Å². The molecule has 0 heterocycles. The molecule has 1 aromatic carbocycles. The van der Waals surface area contributed by atoms with Gasteiger partial charge in [0.1, 0.15) is 0 Å². The maximum absolute atomic E-state index is 13.1. The van der Waals surface area contributed by atoms with Gasteiger partial charge in [-0.05, 0) is 32.1 Å². The number of carbonyl (C=O) groups is 2. The van der Waals surface area contributed by atoms with Crippen LogP contribution in [0.1, 0.15) is 27.1 Å². The summed E-state index contributed by atoms with van der Waals surface area (Å²) in [6.45, 7) is 0.974. The molecule has 3 N–H and O–H groups in total. The highest BCUT2D eigenvalue weighted by molar-refractivity contribution is 6.04. The van der Waals surface area contributed by atoms with E-state index in [4.69, 9.17) is 5.11 Å². The first-order valence-electron chi connectivity index (χ1n) is 5.62. The highest BCUT2D eigenvalue weighted by Gasteiger charge is 2.20. The molecule has 0 bridgehead atoms. The first kappa shape index (κ1) is 15.0. The summed E-state index contributed by atoms with van der Waals surface area (Å²) in [6.07, 6.45) is 0.633. The Bertz CT molecular complexity index is 492. The minimum Gasteiger partial charge on any atom is -0.478 e. The third-order valence-corrected chi connectivity index (χ3v) is 2.42. The second-order valence-electron chi connectivity index (χ2n) is 3.83. The van der Waals surface area contributed by atoms with Gasteiger partial charge in [0.2, 0.25) is 0 Å². The van der Waals surface area contributed by atoms with Gasteiger partial charge in [-0.2, -0.15) is 0 Å². The molecular formula is C12H14F2N2O3. The van der Waals surface area contributed by atoms with Crippen LogP contribution in [-0.2, 0) is 0 Å². The minimum absolute atomic E-state index is 0.303. The predicted octanol–water partition coefficient (Wildman–Crippen LogP) is 1.00. The van der Waals surface area contributed by atoms with Crippen LogP contribution in [0.2, 0.25) is 0 Å². The quantitative estimate of drug-likeness (QED) is 0.675. The summed E-state index contributed by atoms with van der Waals surface area (Å²) >= 11 is 0. The monoisotopic (exact) mass is 272 g/mol. The second kappa shape index (κ2) is 6.79. The Labute approximate surface area is 108 Å². The molecule has 0 fully saturated rings. The van der Waals surface area contributed by atoms with Crippen LogP contribution in [-0.4, -0.2) is 37.1 Å². The maximum atomic E-state index is 13.1. The smallest absolute Gasteiger partial charge is 0.336 e. The zero-order valence-corrected chi connectivity index (χ0v) is 10.3. The molecule has 0 aromatic heterocycles. The molecule has 5 nitrogen and oxygen atoms in total. The Balaban J connectivity index is 2.89. The molecule has 0 atom stereocenters. The van der Waals surface area contributed by atoms with Crippen LogP contribution in [0.15, 0.2) is 12.1 Å². The van der Waals surface area contributed by atoms with Gasteiger partial charge < -0.3 is 15.7 Å².